The Morgan fingerprint density at radius 2 is 1.92 bits per heavy atom. The van der Waals surface area contributed by atoms with Crippen LogP contribution in [0.3, 0.4) is 0 Å². The standard InChI is InChI=1S/C20H23N3O2/c24-19-13-25-16-20(15-23(19)18-7-2-1-3-8-18)9-11-22(14-20)12-17-6-4-5-10-21-17/h1-8,10H,9,11-16H2. The minimum absolute atomic E-state index is 0.00319. The maximum absolute atomic E-state index is 12.5. The first-order valence-corrected chi connectivity index (χ1v) is 8.80. The smallest absolute Gasteiger partial charge is 0.252 e. The third-order valence-corrected chi connectivity index (χ3v) is 5.13. The van der Waals surface area contributed by atoms with Gasteiger partial charge in [-0.2, -0.15) is 0 Å². The quantitative estimate of drug-likeness (QED) is 0.862. The molecule has 0 radical (unpaired) electrons. The molecule has 1 aromatic carbocycles. The topological polar surface area (TPSA) is 45.7 Å². The Hall–Kier alpha value is -2.24. The van der Waals surface area contributed by atoms with E-state index in [1.807, 2.05) is 53.6 Å². The summed E-state index contributed by atoms with van der Waals surface area (Å²) >= 11 is 0. The molecule has 0 aliphatic carbocycles. The van der Waals surface area contributed by atoms with Crippen LogP contribution in [-0.2, 0) is 16.1 Å². The van der Waals surface area contributed by atoms with E-state index in [4.69, 9.17) is 4.74 Å². The molecule has 2 saturated heterocycles. The monoisotopic (exact) mass is 337 g/mol. The Bertz CT molecular complexity index is 722. The van der Waals surface area contributed by atoms with Crippen LogP contribution in [0.4, 0.5) is 5.69 Å². The minimum Gasteiger partial charge on any atom is -0.371 e. The number of hydrogen-bond acceptors (Lipinski definition) is 4. The summed E-state index contributed by atoms with van der Waals surface area (Å²) < 4.78 is 5.76. The second-order valence-corrected chi connectivity index (χ2v) is 7.09. The maximum Gasteiger partial charge on any atom is 0.252 e. The van der Waals surface area contributed by atoms with E-state index in [9.17, 15) is 4.79 Å². The van der Waals surface area contributed by atoms with Crippen molar-refractivity contribution in [1.29, 1.82) is 0 Å². The molecule has 0 bridgehead atoms. The lowest BCUT2D eigenvalue weighted by molar-refractivity contribution is -0.122. The van der Waals surface area contributed by atoms with Crippen LogP contribution in [0.25, 0.3) is 0 Å². The number of benzene rings is 1. The van der Waals surface area contributed by atoms with Gasteiger partial charge in [0.25, 0.3) is 5.91 Å². The number of aromatic nitrogens is 1. The van der Waals surface area contributed by atoms with Crippen molar-refractivity contribution in [3.05, 3.63) is 60.4 Å². The van der Waals surface area contributed by atoms with Crippen molar-refractivity contribution in [2.45, 2.75) is 13.0 Å². The van der Waals surface area contributed by atoms with E-state index >= 15 is 0 Å². The average molecular weight is 337 g/mol. The van der Waals surface area contributed by atoms with Gasteiger partial charge in [0.05, 0.1) is 12.3 Å². The molecular weight excluding hydrogens is 314 g/mol. The number of rotatable bonds is 3. The molecule has 1 atom stereocenters. The van der Waals surface area contributed by atoms with Gasteiger partial charge in [-0.25, -0.2) is 0 Å². The van der Waals surface area contributed by atoms with Gasteiger partial charge in [0.15, 0.2) is 0 Å². The highest BCUT2D eigenvalue weighted by Gasteiger charge is 2.43. The number of para-hydroxylation sites is 1. The normalized spacial score (nSPS) is 24.6. The van der Waals surface area contributed by atoms with Gasteiger partial charge < -0.3 is 9.64 Å². The molecule has 25 heavy (non-hydrogen) atoms. The summed E-state index contributed by atoms with van der Waals surface area (Å²) in [5.41, 5.74) is 2.04. The Morgan fingerprint density at radius 3 is 2.72 bits per heavy atom. The van der Waals surface area contributed by atoms with Gasteiger partial charge in [-0.05, 0) is 37.2 Å². The maximum atomic E-state index is 12.5. The number of carbonyl (C=O) groups is 1. The third kappa shape index (κ3) is 3.57. The fourth-order valence-electron chi connectivity index (χ4n) is 3.88. The van der Waals surface area contributed by atoms with E-state index in [1.54, 1.807) is 0 Å². The summed E-state index contributed by atoms with van der Waals surface area (Å²) in [5, 5.41) is 0. The molecule has 4 rings (SSSR count). The molecule has 0 N–H and O–H groups in total. The van der Waals surface area contributed by atoms with Crippen LogP contribution in [-0.4, -0.2) is 48.6 Å². The van der Waals surface area contributed by atoms with Crippen molar-refractivity contribution in [2.24, 2.45) is 5.41 Å². The SMILES string of the molecule is O=C1COCC2(CCN(Cc3ccccn3)C2)CN1c1ccccc1. The summed E-state index contributed by atoms with van der Waals surface area (Å²) in [6, 6.07) is 16.0. The number of hydrogen-bond donors (Lipinski definition) is 0. The van der Waals surface area contributed by atoms with Crippen LogP contribution in [0.2, 0.25) is 0 Å². The minimum atomic E-state index is -0.00319. The molecule has 1 unspecified atom stereocenters. The molecular formula is C20H23N3O2. The molecule has 1 aromatic heterocycles. The van der Waals surface area contributed by atoms with Crippen LogP contribution in [0, 0.1) is 5.41 Å². The Kier molecular flexibility index (Phi) is 4.51. The van der Waals surface area contributed by atoms with Crippen molar-refractivity contribution in [3.63, 3.8) is 0 Å². The van der Waals surface area contributed by atoms with Crippen molar-refractivity contribution >= 4 is 11.6 Å². The van der Waals surface area contributed by atoms with Crippen molar-refractivity contribution in [3.8, 4) is 0 Å². The summed E-state index contributed by atoms with van der Waals surface area (Å²) in [6.45, 7) is 4.31. The molecule has 5 nitrogen and oxygen atoms in total. The molecule has 2 aliphatic rings. The number of nitrogens with zero attached hydrogens (tertiary/aromatic N) is 3. The zero-order valence-electron chi connectivity index (χ0n) is 14.3. The zero-order chi connectivity index (χ0) is 17.1. The fourth-order valence-corrected chi connectivity index (χ4v) is 3.88. The molecule has 2 aromatic rings. The fraction of sp³-hybridized carbons (Fsp3) is 0.400. The molecule has 0 saturated carbocycles. The predicted octanol–water partition coefficient (Wildman–Crippen LogP) is 2.34. The first-order chi connectivity index (χ1) is 12.2. The third-order valence-electron chi connectivity index (χ3n) is 5.13. The van der Waals surface area contributed by atoms with Crippen LogP contribution in [0.15, 0.2) is 54.7 Å². The first-order valence-electron chi connectivity index (χ1n) is 8.80. The van der Waals surface area contributed by atoms with E-state index < -0.39 is 0 Å². The average Bonchev–Trinajstić information content (AvgIpc) is 2.95. The van der Waals surface area contributed by atoms with Crippen molar-refractivity contribution in [2.75, 3.05) is 37.7 Å². The van der Waals surface area contributed by atoms with Crippen LogP contribution < -0.4 is 4.90 Å². The molecule has 2 aliphatic heterocycles. The highest BCUT2D eigenvalue weighted by Crippen LogP contribution is 2.35. The van der Waals surface area contributed by atoms with Gasteiger partial charge in [-0.15, -0.1) is 0 Å². The van der Waals surface area contributed by atoms with Crippen molar-refractivity contribution < 1.29 is 9.53 Å². The van der Waals surface area contributed by atoms with E-state index in [1.165, 1.54) is 0 Å². The molecule has 1 spiro atoms. The molecule has 2 fully saturated rings. The van der Waals surface area contributed by atoms with Gasteiger partial charge >= 0.3 is 0 Å². The number of carbonyl (C=O) groups excluding carboxylic acids is 1. The second kappa shape index (κ2) is 6.94. The Balaban J connectivity index is 1.50. The lowest BCUT2D eigenvalue weighted by Crippen LogP contribution is -2.42. The van der Waals surface area contributed by atoms with Crippen molar-refractivity contribution in [1.82, 2.24) is 9.88 Å². The van der Waals surface area contributed by atoms with Crippen LogP contribution in [0.1, 0.15) is 12.1 Å². The van der Waals surface area contributed by atoms with Gasteiger partial charge in [0.1, 0.15) is 6.61 Å². The molecule has 130 valence electrons. The van der Waals surface area contributed by atoms with Gasteiger partial charge in [0.2, 0.25) is 0 Å². The summed E-state index contributed by atoms with van der Waals surface area (Å²) in [4.78, 5) is 21.3. The lowest BCUT2D eigenvalue weighted by Gasteiger charge is -2.32. The second-order valence-electron chi connectivity index (χ2n) is 7.09. The molecule has 5 heteroatoms. The van der Waals surface area contributed by atoms with E-state index in [0.717, 1.165) is 37.4 Å². The largest absolute Gasteiger partial charge is 0.371 e. The molecule has 3 heterocycles. The zero-order valence-corrected chi connectivity index (χ0v) is 14.3. The Morgan fingerprint density at radius 1 is 1.08 bits per heavy atom. The number of amides is 1. The highest BCUT2D eigenvalue weighted by atomic mass is 16.5. The number of anilines is 1. The number of likely N-dealkylation sites (tertiary alicyclic amines) is 1. The predicted molar refractivity (Wildman–Crippen MR) is 96.2 cm³/mol. The van der Waals surface area contributed by atoms with Gasteiger partial charge in [-0.1, -0.05) is 24.3 Å². The number of ether oxygens (including phenoxy) is 1. The molecule has 1 amide bonds. The van der Waals surface area contributed by atoms with Crippen LogP contribution >= 0.6 is 0 Å². The summed E-state index contributed by atoms with van der Waals surface area (Å²) in [6.07, 6.45) is 2.88. The number of pyridine rings is 1. The van der Waals surface area contributed by atoms with E-state index in [0.29, 0.717) is 13.2 Å². The first kappa shape index (κ1) is 16.2. The van der Waals surface area contributed by atoms with Gasteiger partial charge in [-0.3, -0.25) is 14.7 Å². The lowest BCUT2D eigenvalue weighted by atomic mass is 9.87. The summed E-state index contributed by atoms with van der Waals surface area (Å²) in [7, 11) is 0. The highest BCUT2D eigenvalue weighted by molar-refractivity contribution is 5.94. The van der Waals surface area contributed by atoms with Gasteiger partial charge in [0, 0.05) is 36.9 Å². The van der Waals surface area contributed by atoms with E-state index in [-0.39, 0.29) is 17.9 Å². The Labute approximate surface area is 148 Å². The van der Waals surface area contributed by atoms with Crippen LogP contribution in [0.5, 0.6) is 0 Å². The summed E-state index contributed by atoms with van der Waals surface area (Å²) in [5.74, 6) is 0.0475. The van der Waals surface area contributed by atoms with E-state index in [2.05, 4.69) is 16.0 Å².